The summed E-state index contributed by atoms with van der Waals surface area (Å²) in [6.07, 6.45) is 0. The van der Waals surface area contributed by atoms with Gasteiger partial charge in [0.25, 0.3) is 0 Å². The minimum atomic E-state index is -0.0669. The summed E-state index contributed by atoms with van der Waals surface area (Å²) in [4.78, 5) is 17.7. The Morgan fingerprint density at radius 1 is 0.708 bits per heavy atom. The van der Waals surface area contributed by atoms with E-state index in [-0.39, 0.29) is 5.78 Å². The maximum atomic E-state index is 13.0. The van der Waals surface area contributed by atoms with Gasteiger partial charge in [0, 0.05) is 11.1 Å². The van der Waals surface area contributed by atoms with Gasteiger partial charge in [-0.3, -0.25) is 4.79 Å². The molecule has 0 spiro atoms. The Labute approximate surface area is 142 Å². The fourth-order valence-electron chi connectivity index (χ4n) is 2.55. The summed E-state index contributed by atoms with van der Waals surface area (Å²) in [6.45, 7) is 4.08. The summed E-state index contributed by atoms with van der Waals surface area (Å²) in [7, 11) is 0. The first-order valence-corrected chi connectivity index (χ1v) is 7.97. The van der Waals surface area contributed by atoms with Crippen molar-refractivity contribution in [2.24, 2.45) is 4.99 Å². The van der Waals surface area contributed by atoms with Gasteiger partial charge in [-0.25, -0.2) is 4.99 Å². The van der Waals surface area contributed by atoms with E-state index in [4.69, 9.17) is 4.99 Å². The molecule has 0 saturated carbocycles. The lowest BCUT2D eigenvalue weighted by molar-refractivity contribution is 0.106. The van der Waals surface area contributed by atoms with Crippen LogP contribution in [0.3, 0.4) is 0 Å². The Balaban J connectivity index is 2.14. The van der Waals surface area contributed by atoms with Gasteiger partial charge < -0.3 is 0 Å². The van der Waals surface area contributed by atoms with Crippen molar-refractivity contribution in [2.45, 2.75) is 13.8 Å². The Hall–Kier alpha value is -3.00. The van der Waals surface area contributed by atoms with Crippen LogP contribution in [0.4, 0.5) is 5.69 Å². The van der Waals surface area contributed by atoms with Crippen molar-refractivity contribution in [1.82, 2.24) is 0 Å². The van der Waals surface area contributed by atoms with Gasteiger partial charge in [0.15, 0.2) is 0 Å². The Kier molecular flexibility index (Phi) is 4.66. The van der Waals surface area contributed by atoms with Crippen LogP contribution in [0.1, 0.15) is 27.0 Å². The van der Waals surface area contributed by atoms with E-state index in [1.54, 1.807) is 0 Å². The third kappa shape index (κ3) is 3.33. The molecular weight excluding hydrogens is 294 g/mol. The number of hydrogen-bond acceptors (Lipinski definition) is 2. The van der Waals surface area contributed by atoms with Crippen molar-refractivity contribution < 1.29 is 4.79 Å². The summed E-state index contributed by atoms with van der Waals surface area (Å²) in [5.74, 6) is -0.0669. The van der Waals surface area contributed by atoms with Crippen LogP contribution < -0.4 is 0 Å². The minimum Gasteiger partial charge on any atom is -0.287 e. The van der Waals surface area contributed by atoms with E-state index in [9.17, 15) is 4.79 Å². The molecule has 0 saturated heterocycles. The van der Waals surface area contributed by atoms with Crippen LogP contribution in [-0.2, 0) is 0 Å². The van der Waals surface area contributed by atoms with Crippen LogP contribution in [0, 0.1) is 13.8 Å². The number of aryl methyl sites for hydroxylation is 1. The lowest BCUT2D eigenvalue weighted by Gasteiger charge is -2.09. The number of carbonyl (C=O) groups excluding carboxylic acids is 1. The zero-order chi connectivity index (χ0) is 16.9. The molecule has 0 amide bonds. The van der Waals surface area contributed by atoms with E-state index < -0.39 is 0 Å². The molecule has 0 radical (unpaired) electrons. The zero-order valence-electron chi connectivity index (χ0n) is 13.9. The number of nitrogens with zero attached hydrogens (tertiary/aromatic N) is 1. The molecule has 0 aliphatic carbocycles. The van der Waals surface area contributed by atoms with E-state index in [0.29, 0.717) is 11.3 Å². The van der Waals surface area contributed by atoms with Crippen molar-refractivity contribution in [1.29, 1.82) is 0 Å². The summed E-state index contributed by atoms with van der Waals surface area (Å²) >= 11 is 0. The summed E-state index contributed by atoms with van der Waals surface area (Å²) in [5, 5.41) is 0. The summed E-state index contributed by atoms with van der Waals surface area (Å²) in [6, 6.07) is 24.9. The standard InChI is InChI=1S/C22H19NO/c1-16-10-9-15-20(17(16)2)23-21(18-11-5-3-6-12-18)22(24)19-13-7-4-8-14-19/h3-15H,1-2H3. The molecule has 3 aromatic rings. The number of carbonyl (C=O) groups is 1. The number of ketones is 1. The second-order valence-electron chi connectivity index (χ2n) is 5.74. The van der Waals surface area contributed by atoms with Crippen molar-refractivity contribution >= 4 is 17.2 Å². The maximum Gasteiger partial charge on any atom is 0.211 e. The van der Waals surface area contributed by atoms with Gasteiger partial charge in [-0.15, -0.1) is 0 Å². The zero-order valence-corrected chi connectivity index (χ0v) is 13.9. The van der Waals surface area contributed by atoms with Crippen molar-refractivity contribution in [3.8, 4) is 0 Å². The van der Waals surface area contributed by atoms with Crippen LogP contribution in [0.2, 0.25) is 0 Å². The molecule has 0 fully saturated rings. The highest BCUT2D eigenvalue weighted by Crippen LogP contribution is 2.23. The summed E-state index contributed by atoms with van der Waals surface area (Å²) < 4.78 is 0. The third-order valence-corrected chi connectivity index (χ3v) is 4.11. The highest BCUT2D eigenvalue weighted by molar-refractivity contribution is 6.51. The average molecular weight is 313 g/mol. The molecule has 0 atom stereocenters. The van der Waals surface area contributed by atoms with Gasteiger partial charge in [-0.2, -0.15) is 0 Å². The van der Waals surface area contributed by atoms with Gasteiger partial charge in [-0.05, 0) is 31.0 Å². The number of hydrogen-bond donors (Lipinski definition) is 0. The number of aliphatic imine (C=N–C) groups is 1. The van der Waals surface area contributed by atoms with Gasteiger partial charge in [0.05, 0.1) is 5.69 Å². The monoisotopic (exact) mass is 313 g/mol. The van der Waals surface area contributed by atoms with E-state index in [0.717, 1.165) is 22.4 Å². The van der Waals surface area contributed by atoms with Gasteiger partial charge >= 0.3 is 0 Å². The minimum absolute atomic E-state index is 0.0669. The Bertz CT molecular complexity index is 880. The topological polar surface area (TPSA) is 29.4 Å². The second-order valence-corrected chi connectivity index (χ2v) is 5.74. The van der Waals surface area contributed by atoms with Crippen LogP contribution in [-0.4, -0.2) is 11.5 Å². The molecule has 0 N–H and O–H groups in total. The maximum absolute atomic E-state index is 13.0. The Morgan fingerprint density at radius 2 is 1.29 bits per heavy atom. The quantitative estimate of drug-likeness (QED) is 0.474. The highest BCUT2D eigenvalue weighted by Gasteiger charge is 2.16. The number of Topliss-reactive ketones (excluding diaryl/α,β-unsaturated/α-hetero) is 1. The molecule has 2 nitrogen and oxygen atoms in total. The molecular formula is C22H19NO. The largest absolute Gasteiger partial charge is 0.287 e. The molecule has 0 aliphatic heterocycles. The van der Waals surface area contributed by atoms with E-state index in [2.05, 4.69) is 13.0 Å². The van der Waals surface area contributed by atoms with Crippen LogP contribution in [0.25, 0.3) is 0 Å². The first kappa shape index (κ1) is 15.9. The molecule has 0 aromatic heterocycles. The lowest BCUT2D eigenvalue weighted by Crippen LogP contribution is -2.15. The van der Waals surface area contributed by atoms with Gasteiger partial charge in [0.2, 0.25) is 5.78 Å². The number of benzene rings is 3. The van der Waals surface area contributed by atoms with E-state index in [1.165, 1.54) is 0 Å². The van der Waals surface area contributed by atoms with Crippen molar-refractivity contribution in [2.75, 3.05) is 0 Å². The fraction of sp³-hybridized carbons (Fsp3) is 0.0909. The first-order valence-electron chi connectivity index (χ1n) is 7.97. The van der Waals surface area contributed by atoms with Gasteiger partial charge in [0.1, 0.15) is 5.71 Å². The molecule has 3 aromatic carbocycles. The lowest BCUT2D eigenvalue weighted by atomic mass is 10.00. The first-order chi connectivity index (χ1) is 11.7. The third-order valence-electron chi connectivity index (χ3n) is 4.11. The van der Waals surface area contributed by atoms with E-state index >= 15 is 0 Å². The predicted octanol–water partition coefficient (Wildman–Crippen LogP) is 5.31. The molecule has 24 heavy (non-hydrogen) atoms. The molecule has 118 valence electrons. The van der Waals surface area contributed by atoms with Crippen molar-refractivity contribution in [3.63, 3.8) is 0 Å². The van der Waals surface area contributed by atoms with E-state index in [1.807, 2.05) is 79.7 Å². The van der Waals surface area contributed by atoms with Crippen molar-refractivity contribution in [3.05, 3.63) is 101 Å². The average Bonchev–Trinajstić information content (AvgIpc) is 2.64. The normalized spacial score (nSPS) is 11.3. The van der Waals surface area contributed by atoms with Crippen LogP contribution in [0.5, 0.6) is 0 Å². The molecule has 0 unspecified atom stereocenters. The molecule has 0 heterocycles. The molecule has 0 bridgehead atoms. The molecule has 3 rings (SSSR count). The predicted molar refractivity (Wildman–Crippen MR) is 99.3 cm³/mol. The molecule has 0 aliphatic rings. The fourth-order valence-corrected chi connectivity index (χ4v) is 2.55. The van der Waals surface area contributed by atoms with Crippen LogP contribution >= 0.6 is 0 Å². The second kappa shape index (κ2) is 7.05. The van der Waals surface area contributed by atoms with Crippen LogP contribution in [0.15, 0.2) is 83.9 Å². The smallest absolute Gasteiger partial charge is 0.211 e. The SMILES string of the molecule is Cc1cccc(N=C(C(=O)c2ccccc2)c2ccccc2)c1C. The highest BCUT2D eigenvalue weighted by atomic mass is 16.1. The Morgan fingerprint density at radius 3 is 1.92 bits per heavy atom. The number of rotatable bonds is 4. The van der Waals surface area contributed by atoms with Gasteiger partial charge in [-0.1, -0.05) is 72.8 Å². The molecule has 2 heteroatoms. The summed E-state index contributed by atoms with van der Waals surface area (Å²) in [5.41, 5.74) is 5.02.